The Bertz CT molecular complexity index is 535. The Balaban J connectivity index is 1.43. The van der Waals surface area contributed by atoms with E-state index in [9.17, 15) is 5.11 Å². The van der Waals surface area contributed by atoms with Gasteiger partial charge in [0.1, 0.15) is 11.7 Å². The van der Waals surface area contributed by atoms with Gasteiger partial charge in [-0.3, -0.25) is 4.90 Å². The minimum atomic E-state index is -0.929. The smallest absolute Gasteiger partial charge is 0.258 e. The van der Waals surface area contributed by atoms with Crippen molar-refractivity contribution < 1.29 is 14.4 Å². The first-order chi connectivity index (χ1) is 11.7. The van der Waals surface area contributed by atoms with Gasteiger partial charge in [-0.15, -0.1) is 0 Å². The Morgan fingerprint density at radius 1 is 1.04 bits per heavy atom. The number of hydrogen-bond acceptors (Lipinski definition) is 6. The molecule has 0 amide bonds. The molecule has 3 aliphatic rings. The minimum absolute atomic E-state index is 0.134. The van der Waals surface area contributed by atoms with E-state index >= 15 is 0 Å². The van der Waals surface area contributed by atoms with Crippen molar-refractivity contribution in [3.8, 4) is 0 Å². The molecule has 2 heterocycles. The fourth-order valence-electron chi connectivity index (χ4n) is 4.51. The highest BCUT2D eigenvalue weighted by Crippen LogP contribution is 2.37. The van der Waals surface area contributed by atoms with Crippen LogP contribution in [0.25, 0.3) is 0 Å². The summed E-state index contributed by atoms with van der Waals surface area (Å²) in [6, 6.07) is 0.680. The second-order valence-corrected chi connectivity index (χ2v) is 7.70. The molecule has 1 atom stereocenters. The minimum Gasteiger partial charge on any atom is -0.380 e. The summed E-state index contributed by atoms with van der Waals surface area (Å²) in [6.07, 6.45) is 11.1. The number of rotatable bonds is 3. The number of morpholine rings is 1. The van der Waals surface area contributed by atoms with Crippen molar-refractivity contribution in [1.29, 1.82) is 0 Å². The molecule has 6 nitrogen and oxygen atoms in total. The molecule has 1 N–H and O–H groups in total. The predicted molar refractivity (Wildman–Crippen MR) is 88.4 cm³/mol. The van der Waals surface area contributed by atoms with E-state index in [1.807, 2.05) is 0 Å². The van der Waals surface area contributed by atoms with E-state index in [1.54, 1.807) is 0 Å². The van der Waals surface area contributed by atoms with Crippen molar-refractivity contribution in [2.24, 2.45) is 0 Å². The number of nitrogens with zero attached hydrogens (tertiary/aromatic N) is 3. The van der Waals surface area contributed by atoms with Crippen LogP contribution < -0.4 is 0 Å². The zero-order valence-electron chi connectivity index (χ0n) is 14.5. The average Bonchev–Trinajstić information content (AvgIpc) is 3.14. The Hall–Kier alpha value is -0.980. The molecule has 0 radical (unpaired) electrons. The lowest BCUT2D eigenvalue weighted by Gasteiger charge is -2.39. The first-order valence-electron chi connectivity index (χ1n) is 9.67. The van der Waals surface area contributed by atoms with Crippen molar-refractivity contribution in [1.82, 2.24) is 15.0 Å². The second kappa shape index (κ2) is 7.10. The largest absolute Gasteiger partial charge is 0.380 e. The fourth-order valence-corrected chi connectivity index (χ4v) is 4.51. The van der Waals surface area contributed by atoms with Gasteiger partial charge in [0.25, 0.3) is 5.89 Å². The van der Waals surface area contributed by atoms with E-state index in [0.29, 0.717) is 30.6 Å². The van der Waals surface area contributed by atoms with Crippen LogP contribution >= 0.6 is 0 Å². The fraction of sp³-hybridized carbons (Fsp3) is 0.889. The van der Waals surface area contributed by atoms with Crippen LogP contribution in [-0.4, -0.2) is 45.9 Å². The van der Waals surface area contributed by atoms with E-state index in [4.69, 9.17) is 9.26 Å². The number of ether oxygens (including phenoxy) is 1. The summed E-state index contributed by atoms with van der Waals surface area (Å²) in [4.78, 5) is 7.07. The zero-order chi connectivity index (χ0) is 16.4. The van der Waals surface area contributed by atoms with Gasteiger partial charge in [0, 0.05) is 19.1 Å². The summed E-state index contributed by atoms with van der Waals surface area (Å²) in [5.74, 6) is 0.986. The van der Waals surface area contributed by atoms with Crippen LogP contribution in [0.5, 0.6) is 0 Å². The zero-order valence-corrected chi connectivity index (χ0v) is 14.5. The monoisotopic (exact) mass is 335 g/mol. The quantitative estimate of drug-likeness (QED) is 0.916. The van der Waals surface area contributed by atoms with Crippen LogP contribution in [0.2, 0.25) is 0 Å². The molecule has 24 heavy (non-hydrogen) atoms. The van der Waals surface area contributed by atoms with Crippen LogP contribution in [0.4, 0.5) is 0 Å². The van der Waals surface area contributed by atoms with Crippen LogP contribution in [0.1, 0.15) is 82.0 Å². The molecular formula is C18H29N3O3. The first-order valence-corrected chi connectivity index (χ1v) is 9.67. The normalized spacial score (nSPS) is 29.6. The first kappa shape index (κ1) is 16.5. The van der Waals surface area contributed by atoms with E-state index in [0.717, 1.165) is 32.5 Å². The van der Waals surface area contributed by atoms with Gasteiger partial charge in [0.2, 0.25) is 5.82 Å². The highest BCUT2D eigenvalue weighted by atomic mass is 16.5. The Morgan fingerprint density at radius 2 is 1.79 bits per heavy atom. The second-order valence-electron chi connectivity index (χ2n) is 7.70. The summed E-state index contributed by atoms with van der Waals surface area (Å²) in [7, 11) is 0. The van der Waals surface area contributed by atoms with Crippen LogP contribution in [0.15, 0.2) is 4.52 Å². The predicted octanol–water partition coefficient (Wildman–Crippen LogP) is 2.93. The number of hydrogen-bond donors (Lipinski definition) is 1. The van der Waals surface area contributed by atoms with Gasteiger partial charge in [-0.1, -0.05) is 43.7 Å². The molecule has 2 aliphatic carbocycles. The van der Waals surface area contributed by atoms with Crippen molar-refractivity contribution in [2.45, 2.75) is 82.0 Å². The van der Waals surface area contributed by atoms with Gasteiger partial charge in [-0.05, 0) is 25.7 Å². The SMILES string of the molecule is OC1(c2nc(C3CN(C4CCCCC4)CCO3)no2)CCCCC1. The molecule has 1 aromatic heterocycles. The third kappa shape index (κ3) is 3.37. The molecule has 2 saturated carbocycles. The molecule has 1 saturated heterocycles. The maximum Gasteiger partial charge on any atom is 0.258 e. The van der Waals surface area contributed by atoms with E-state index in [2.05, 4.69) is 15.0 Å². The maximum absolute atomic E-state index is 10.8. The molecule has 4 rings (SSSR count). The molecule has 0 aromatic carbocycles. The van der Waals surface area contributed by atoms with Crippen LogP contribution in [0, 0.1) is 0 Å². The van der Waals surface area contributed by atoms with Crippen molar-refractivity contribution in [3.63, 3.8) is 0 Å². The van der Waals surface area contributed by atoms with Crippen molar-refractivity contribution >= 4 is 0 Å². The highest BCUT2D eigenvalue weighted by Gasteiger charge is 2.38. The molecule has 0 spiro atoms. The summed E-state index contributed by atoms with van der Waals surface area (Å²) >= 11 is 0. The maximum atomic E-state index is 10.8. The third-order valence-electron chi connectivity index (χ3n) is 6.00. The van der Waals surface area contributed by atoms with E-state index < -0.39 is 5.60 Å². The summed E-state index contributed by atoms with van der Waals surface area (Å²) in [6.45, 7) is 2.55. The standard InChI is InChI=1S/C18H29N3O3/c22-18(9-5-2-6-10-18)17-19-16(20-24-17)15-13-21(11-12-23-15)14-7-3-1-4-8-14/h14-15,22H,1-13H2. The molecule has 1 aliphatic heterocycles. The summed E-state index contributed by atoms with van der Waals surface area (Å²) < 4.78 is 11.3. The Kier molecular flexibility index (Phi) is 4.88. The Morgan fingerprint density at radius 3 is 2.58 bits per heavy atom. The third-order valence-corrected chi connectivity index (χ3v) is 6.00. The summed E-state index contributed by atoms with van der Waals surface area (Å²) in [5.41, 5.74) is -0.929. The van der Waals surface area contributed by atoms with Gasteiger partial charge < -0.3 is 14.4 Å². The molecule has 134 valence electrons. The van der Waals surface area contributed by atoms with Gasteiger partial charge in [0.15, 0.2) is 0 Å². The molecule has 1 unspecified atom stereocenters. The van der Waals surface area contributed by atoms with Crippen molar-refractivity contribution in [2.75, 3.05) is 19.7 Å². The lowest BCUT2D eigenvalue weighted by atomic mass is 9.85. The van der Waals surface area contributed by atoms with Crippen LogP contribution in [-0.2, 0) is 10.3 Å². The van der Waals surface area contributed by atoms with E-state index in [-0.39, 0.29) is 6.10 Å². The lowest BCUT2D eigenvalue weighted by molar-refractivity contribution is -0.0543. The molecular weight excluding hydrogens is 306 g/mol. The molecule has 1 aromatic rings. The topological polar surface area (TPSA) is 71.6 Å². The lowest BCUT2D eigenvalue weighted by Crippen LogP contribution is -2.45. The Labute approximate surface area is 143 Å². The molecule has 0 bridgehead atoms. The average molecular weight is 335 g/mol. The molecule has 3 fully saturated rings. The van der Waals surface area contributed by atoms with Crippen molar-refractivity contribution in [3.05, 3.63) is 11.7 Å². The van der Waals surface area contributed by atoms with E-state index in [1.165, 1.54) is 38.5 Å². The highest BCUT2D eigenvalue weighted by molar-refractivity contribution is 5.03. The number of aliphatic hydroxyl groups is 1. The van der Waals surface area contributed by atoms with Gasteiger partial charge >= 0.3 is 0 Å². The summed E-state index contributed by atoms with van der Waals surface area (Å²) in [5, 5.41) is 14.9. The number of aromatic nitrogens is 2. The van der Waals surface area contributed by atoms with Crippen LogP contribution in [0.3, 0.4) is 0 Å². The van der Waals surface area contributed by atoms with Gasteiger partial charge in [-0.2, -0.15) is 4.98 Å². The molecule has 6 heteroatoms. The van der Waals surface area contributed by atoms with Gasteiger partial charge in [-0.25, -0.2) is 0 Å². The van der Waals surface area contributed by atoms with Gasteiger partial charge in [0.05, 0.1) is 6.61 Å².